The van der Waals surface area contributed by atoms with Gasteiger partial charge in [-0.25, -0.2) is 8.42 Å². The third-order valence-electron chi connectivity index (χ3n) is 1.94. The van der Waals surface area contributed by atoms with E-state index in [2.05, 4.69) is 4.72 Å². The molecule has 1 aromatic rings. The summed E-state index contributed by atoms with van der Waals surface area (Å²) >= 11 is 1.18. The van der Waals surface area contributed by atoms with Crippen molar-refractivity contribution in [2.24, 2.45) is 0 Å². The van der Waals surface area contributed by atoms with Gasteiger partial charge in [-0.2, -0.15) is 0 Å². The van der Waals surface area contributed by atoms with Crippen molar-refractivity contribution in [1.29, 1.82) is 0 Å². The van der Waals surface area contributed by atoms with Crippen molar-refractivity contribution < 1.29 is 13.2 Å². The van der Waals surface area contributed by atoms with Crippen LogP contribution >= 0.6 is 22.6 Å². The van der Waals surface area contributed by atoms with E-state index >= 15 is 0 Å². The summed E-state index contributed by atoms with van der Waals surface area (Å²) in [7, 11) is 1.48. The van der Waals surface area contributed by atoms with Gasteiger partial charge >= 0.3 is 0 Å². The molecule has 2 rings (SSSR count). The summed E-state index contributed by atoms with van der Waals surface area (Å²) in [5.41, 5.74) is 0.686. The Balaban J connectivity index is 2.50. The van der Waals surface area contributed by atoms with E-state index in [-0.39, 0.29) is 17.2 Å². The summed E-state index contributed by atoms with van der Waals surface area (Å²) in [6, 6.07) is 4.49. The van der Waals surface area contributed by atoms with Gasteiger partial charge in [0.05, 0.1) is 11.3 Å². The van der Waals surface area contributed by atoms with Crippen molar-refractivity contribution in [1.82, 2.24) is 4.72 Å². The molecule has 0 saturated carbocycles. The number of amides is 1. The van der Waals surface area contributed by atoms with Gasteiger partial charge in [0.2, 0.25) is 5.91 Å². The zero-order chi connectivity index (χ0) is 11.1. The number of fused-ring (bicyclic) bond motifs is 1. The molecule has 80 valence electrons. The molecule has 0 radical (unpaired) electrons. The standard InChI is InChI=1S/C8H6ClNO3S2/c9-15(12,13)6-1-2-7-5(3-6)4-8(11)10-14-7/h1-3H,4H2,(H,10,11). The predicted octanol–water partition coefficient (Wildman–Crippen LogP) is 1.29. The molecule has 15 heavy (non-hydrogen) atoms. The number of hydrogen-bond donors (Lipinski definition) is 1. The minimum Gasteiger partial charge on any atom is -0.296 e. The Morgan fingerprint density at radius 2 is 2.13 bits per heavy atom. The first-order valence-electron chi connectivity index (χ1n) is 4.00. The van der Waals surface area contributed by atoms with Crippen molar-refractivity contribution in [3.63, 3.8) is 0 Å². The number of carbonyl (C=O) groups excluding carboxylic acids is 1. The minimum atomic E-state index is -3.72. The maximum Gasteiger partial charge on any atom is 0.261 e. The molecule has 0 spiro atoms. The average molecular weight is 264 g/mol. The highest BCUT2D eigenvalue weighted by molar-refractivity contribution is 8.13. The van der Waals surface area contributed by atoms with Crippen LogP contribution in [0, 0.1) is 0 Å². The zero-order valence-corrected chi connectivity index (χ0v) is 9.75. The van der Waals surface area contributed by atoms with E-state index in [4.69, 9.17) is 10.7 Å². The topological polar surface area (TPSA) is 63.2 Å². The number of benzene rings is 1. The lowest BCUT2D eigenvalue weighted by atomic mass is 10.1. The fourth-order valence-corrected chi connectivity index (χ4v) is 2.76. The van der Waals surface area contributed by atoms with Gasteiger partial charge in [-0.15, -0.1) is 0 Å². The van der Waals surface area contributed by atoms with E-state index < -0.39 is 9.05 Å². The van der Waals surface area contributed by atoms with Gasteiger partial charge in [-0.3, -0.25) is 9.52 Å². The van der Waals surface area contributed by atoms with Crippen LogP contribution in [0.2, 0.25) is 0 Å². The van der Waals surface area contributed by atoms with E-state index in [0.717, 1.165) is 4.90 Å². The second-order valence-electron chi connectivity index (χ2n) is 3.01. The van der Waals surface area contributed by atoms with Crippen LogP contribution in [0.25, 0.3) is 0 Å². The van der Waals surface area contributed by atoms with Crippen LogP contribution < -0.4 is 4.72 Å². The summed E-state index contributed by atoms with van der Waals surface area (Å²) in [6.07, 6.45) is 0.183. The van der Waals surface area contributed by atoms with Crippen LogP contribution in [-0.2, 0) is 20.3 Å². The number of hydrogen-bond acceptors (Lipinski definition) is 4. The molecule has 1 aromatic carbocycles. The second-order valence-corrected chi connectivity index (χ2v) is 6.43. The first-order valence-corrected chi connectivity index (χ1v) is 7.13. The van der Waals surface area contributed by atoms with Gasteiger partial charge in [0.25, 0.3) is 9.05 Å². The lowest BCUT2D eigenvalue weighted by molar-refractivity contribution is -0.118. The Morgan fingerprint density at radius 3 is 2.80 bits per heavy atom. The van der Waals surface area contributed by atoms with Gasteiger partial charge in [0, 0.05) is 15.6 Å². The highest BCUT2D eigenvalue weighted by Crippen LogP contribution is 2.28. The van der Waals surface area contributed by atoms with Gasteiger partial charge in [0.15, 0.2) is 0 Å². The van der Waals surface area contributed by atoms with Gasteiger partial charge in [0.1, 0.15) is 0 Å². The molecule has 0 fully saturated rings. The third kappa shape index (κ3) is 2.27. The largest absolute Gasteiger partial charge is 0.296 e. The molecule has 0 aromatic heterocycles. The molecule has 1 N–H and O–H groups in total. The highest BCUT2D eigenvalue weighted by Gasteiger charge is 2.19. The fraction of sp³-hybridized carbons (Fsp3) is 0.125. The van der Waals surface area contributed by atoms with Gasteiger partial charge in [-0.1, -0.05) is 0 Å². The van der Waals surface area contributed by atoms with Crippen LogP contribution in [0.4, 0.5) is 0 Å². The molecule has 1 heterocycles. The molecule has 7 heteroatoms. The predicted molar refractivity (Wildman–Crippen MR) is 57.2 cm³/mol. The first-order chi connectivity index (χ1) is 6.97. The SMILES string of the molecule is O=C1Cc2cc(S(=O)(=O)Cl)ccc2SN1. The molecule has 1 amide bonds. The zero-order valence-electron chi connectivity index (χ0n) is 7.36. The smallest absolute Gasteiger partial charge is 0.261 e. The second kappa shape index (κ2) is 3.70. The first kappa shape index (κ1) is 10.8. The van der Waals surface area contributed by atoms with Crippen molar-refractivity contribution in [2.75, 3.05) is 0 Å². The van der Waals surface area contributed by atoms with E-state index in [0.29, 0.717) is 5.56 Å². The Morgan fingerprint density at radius 1 is 1.40 bits per heavy atom. The maximum absolute atomic E-state index is 11.1. The van der Waals surface area contributed by atoms with E-state index in [1.807, 2.05) is 0 Å². The summed E-state index contributed by atoms with van der Waals surface area (Å²) in [5, 5.41) is 0. The lowest BCUT2D eigenvalue weighted by Crippen LogP contribution is -2.23. The van der Waals surface area contributed by atoms with Crippen molar-refractivity contribution in [2.45, 2.75) is 16.2 Å². The summed E-state index contributed by atoms with van der Waals surface area (Å²) in [6.45, 7) is 0. The molecule has 4 nitrogen and oxygen atoms in total. The van der Waals surface area contributed by atoms with Crippen LogP contribution in [0.3, 0.4) is 0 Å². The molecular formula is C8H6ClNO3S2. The molecule has 0 unspecified atom stereocenters. The number of carbonyl (C=O) groups is 1. The minimum absolute atomic E-state index is 0.0261. The molecule has 0 aliphatic carbocycles. The Bertz CT molecular complexity index is 527. The van der Waals surface area contributed by atoms with Crippen LogP contribution in [0.15, 0.2) is 28.0 Å². The maximum atomic E-state index is 11.1. The Hall–Kier alpha value is -0.720. The number of halogens is 1. The van der Waals surface area contributed by atoms with Gasteiger partial charge in [-0.05, 0) is 35.7 Å². The summed E-state index contributed by atoms with van der Waals surface area (Å²) < 4.78 is 24.7. The van der Waals surface area contributed by atoms with Crippen LogP contribution in [0.1, 0.15) is 5.56 Å². The monoisotopic (exact) mass is 263 g/mol. The molecule has 1 aliphatic heterocycles. The summed E-state index contributed by atoms with van der Waals surface area (Å²) in [4.78, 5) is 11.9. The molecule has 1 aliphatic rings. The molecule has 0 bridgehead atoms. The fourth-order valence-electron chi connectivity index (χ4n) is 1.27. The van der Waals surface area contributed by atoms with Gasteiger partial charge < -0.3 is 0 Å². The van der Waals surface area contributed by atoms with E-state index in [1.165, 1.54) is 24.1 Å². The Labute approximate surface area is 95.6 Å². The molecule has 0 atom stereocenters. The van der Waals surface area contributed by atoms with Crippen LogP contribution in [-0.4, -0.2) is 14.3 Å². The average Bonchev–Trinajstić information content (AvgIpc) is 2.15. The highest BCUT2D eigenvalue weighted by atomic mass is 35.7. The molecular weight excluding hydrogens is 258 g/mol. The summed E-state index contributed by atoms with van der Waals surface area (Å²) in [5.74, 6) is -0.142. The normalized spacial score (nSPS) is 15.7. The lowest BCUT2D eigenvalue weighted by Gasteiger charge is -2.15. The number of rotatable bonds is 1. The third-order valence-corrected chi connectivity index (χ3v) is 4.24. The van der Waals surface area contributed by atoms with Crippen molar-refractivity contribution >= 4 is 37.6 Å². The quantitative estimate of drug-likeness (QED) is 0.613. The Kier molecular flexibility index (Phi) is 2.66. The number of nitrogens with one attached hydrogen (secondary N) is 1. The van der Waals surface area contributed by atoms with Crippen molar-refractivity contribution in [3.8, 4) is 0 Å². The van der Waals surface area contributed by atoms with Crippen molar-refractivity contribution in [3.05, 3.63) is 23.8 Å². The van der Waals surface area contributed by atoms with E-state index in [1.54, 1.807) is 6.07 Å². The van der Waals surface area contributed by atoms with E-state index in [9.17, 15) is 13.2 Å². The molecule has 0 saturated heterocycles. The van der Waals surface area contributed by atoms with Crippen LogP contribution in [0.5, 0.6) is 0 Å².